The van der Waals surface area contributed by atoms with Crippen LogP contribution in [0.4, 0.5) is 5.69 Å². The minimum Gasteiger partial charge on any atom is -0.359 e. The first-order valence-corrected chi connectivity index (χ1v) is 7.26. The van der Waals surface area contributed by atoms with Crippen LogP contribution in [-0.2, 0) is 0 Å². The molecule has 0 aliphatic carbocycles. The number of nitro benzene ring substituents is 1. The van der Waals surface area contributed by atoms with E-state index in [9.17, 15) is 20.1 Å². The molecule has 1 heterocycles. The number of hydrogen-bond donors (Lipinski definition) is 2. The maximum absolute atomic E-state index is 12.2. The Hall–Kier alpha value is -3.01. The number of carbonyl (C=O) groups excluding carboxylic acids is 1. The molecule has 2 rings (SSSR count). The predicted octanol–water partition coefficient (Wildman–Crippen LogP) is 0.611. The number of hydrogen-bond acceptors (Lipinski definition) is 7. The summed E-state index contributed by atoms with van der Waals surface area (Å²) in [6.45, 7) is 4.87. The topological polar surface area (TPSA) is 137 Å². The standard InChI is InChI=1S/C14H17N5O5/c1-9(2)15-7-8-16-14(20)12-13(19(23)24-17-12)10-3-5-11(6-4-10)18(21)22/h3-6,9,15H,7-8H2,1-2H3,(H,16,20). The highest BCUT2D eigenvalue weighted by Gasteiger charge is 2.27. The first-order valence-electron chi connectivity index (χ1n) is 7.26. The zero-order valence-corrected chi connectivity index (χ0v) is 13.2. The Morgan fingerprint density at radius 3 is 2.58 bits per heavy atom. The van der Waals surface area contributed by atoms with Crippen molar-refractivity contribution in [1.82, 2.24) is 15.8 Å². The fraction of sp³-hybridized carbons (Fsp3) is 0.357. The highest BCUT2D eigenvalue weighted by Crippen LogP contribution is 2.22. The number of nitrogens with zero attached hydrogens (tertiary/aromatic N) is 3. The van der Waals surface area contributed by atoms with Gasteiger partial charge < -0.3 is 15.8 Å². The number of aromatic nitrogens is 2. The van der Waals surface area contributed by atoms with Crippen molar-refractivity contribution < 1.29 is 19.2 Å². The van der Waals surface area contributed by atoms with Crippen molar-refractivity contribution in [2.24, 2.45) is 0 Å². The van der Waals surface area contributed by atoms with E-state index < -0.39 is 10.8 Å². The lowest BCUT2D eigenvalue weighted by Crippen LogP contribution is -2.35. The molecule has 0 saturated carbocycles. The molecule has 10 heteroatoms. The molecule has 0 fully saturated rings. The third-order valence-electron chi connectivity index (χ3n) is 3.14. The van der Waals surface area contributed by atoms with Crippen LogP contribution >= 0.6 is 0 Å². The maximum atomic E-state index is 12.2. The SMILES string of the molecule is CC(C)NCCNC(=O)c1no[n+]([O-])c1-c1ccc([N+](=O)[O-])cc1. The number of nitrogens with one attached hydrogen (secondary N) is 2. The lowest BCUT2D eigenvalue weighted by molar-refractivity contribution is -0.793. The van der Waals surface area contributed by atoms with Crippen LogP contribution in [0.25, 0.3) is 11.3 Å². The summed E-state index contributed by atoms with van der Waals surface area (Å²) in [6.07, 6.45) is 0. The van der Waals surface area contributed by atoms with Gasteiger partial charge in [-0.15, -0.1) is 0 Å². The molecule has 1 aromatic heterocycles. The van der Waals surface area contributed by atoms with Gasteiger partial charge in [-0.1, -0.05) is 13.8 Å². The first-order chi connectivity index (χ1) is 11.4. The van der Waals surface area contributed by atoms with E-state index in [0.29, 0.717) is 18.7 Å². The Morgan fingerprint density at radius 2 is 2.00 bits per heavy atom. The lowest BCUT2D eigenvalue weighted by atomic mass is 10.1. The van der Waals surface area contributed by atoms with Crippen LogP contribution in [0.1, 0.15) is 24.3 Å². The first kappa shape index (κ1) is 17.3. The third-order valence-corrected chi connectivity index (χ3v) is 3.14. The summed E-state index contributed by atoms with van der Waals surface area (Å²) in [4.78, 5) is 22.4. The number of carbonyl (C=O) groups is 1. The van der Waals surface area contributed by atoms with Crippen molar-refractivity contribution in [2.75, 3.05) is 13.1 Å². The van der Waals surface area contributed by atoms with E-state index in [1.165, 1.54) is 24.3 Å². The smallest absolute Gasteiger partial charge is 0.313 e. The number of rotatable bonds is 7. The van der Waals surface area contributed by atoms with Gasteiger partial charge in [0.1, 0.15) is 0 Å². The molecule has 128 valence electrons. The van der Waals surface area contributed by atoms with E-state index in [-0.39, 0.29) is 28.0 Å². The number of non-ortho nitro benzene ring substituents is 1. The zero-order valence-electron chi connectivity index (χ0n) is 13.2. The van der Waals surface area contributed by atoms with Crippen LogP contribution in [0.3, 0.4) is 0 Å². The molecule has 0 aliphatic rings. The largest absolute Gasteiger partial charge is 0.359 e. The molecule has 0 bridgehead atoms. The van der Waals surface area contributed by atoms with E-state index in [2.05, 4.69) is 20.4 Å². The summed E-state index contributed by atoms with van der Waals surface area (Å²) in [5, 5.41) is 31.6. The molecule has 0 saturated heterocycles. The van der Waals surface area contributed by atoms with Gasteiger partial charge >= 0.3 is 11.6 Å². The summed E-state index contributed by atoms with van der Waals surface area (Å²) in [5.41, 5.74) is -0.108. The van der Waals surface area contributed by atoms with Gasteiger partial charge in [0, 0.05) is 36.8 Å². The lowest BCUT2D eigenvalue weighted by Gasteiger charge is -2.07. The average molecular weight is 335 g/mol. The van der Waals surface area contributed by atoms with Crippen LogP contribution in [0.2, 0.25) is 0 Å². The Bertz CT molecular complexity index is 726. The van der Waals surface area contributed by atoms with Crippen molar-refractivity contribution in [2.45, 2.75) is 19.9 Å². The molecule has 0 aliphatic heterocycles. The van der Waals surface area contributed by atoms with E-state index in [4.69, 9.17) is 0 Å². The van der Waals surface area contributed by atoms with Crippen LogP contribution in [0.5, 0.6) is 0 Å². The molecule has 0 spiro atoms. The molecule has 1 aromatic carbocycles. The number of amides is 1. The van der Waals surface area contributed by atoms with Crippen molar-refractivity contribution >= 4 is 11.6 Å². The minimum atomic E-state index is -0.563. The van der Waals surface area contributed by atoms with Crippen LogP contribution in [0.15, 0.2) is 28.9 Å². The van der Waals surface area contributed by atoms with Gasteiger partial charge in [0.25, 0.3) is 5.69 Å². The Labute approximate surface area is 137 Å². The van der Waals surface area contributed by atoms with E-state index in [1.54, 1.807) is 0 Å². The minimum absolute atomic E-state index is 0.0979. The molecule has 0 atom stereocenters. The zero-order chi connectivity index (χ0) is 17.7. The van der Waals surface area contributed by atoms with E-state index in [0.717, 1.165) is 0 Å². The van der Waals surface area contributed by atoms with Crippen LogP contribution in [-0.4, -0.2) is 35.1 Å². The Kier molecular flexibility index (Phi) is 5.42. The normalized spacial score (nSPS) is 10.8. The van der Waals surface area contributed by atoms with Gasteiger partial charge in [0.2, 0.25) is 5.69 Å². The van der Waals surface area contributed by atoms with Gasteiger partial charge in [-0.3, -0.25) is 19.5 Å². The molecule has 2 N–H and O–H groups in total. The van der Waals surface area contributed by atoms with Crippen molar-refractivity contribution in [3.05, 3.63) is 45.3 Å². The highest BCUT2D eigenvalue weighted by molar-refractivity contribution is 5.97. The third kappa shape index (κ3) is 4.04. The Balaban J connectivity index is 2.15. The van der Waals surface area contributed by atoms with Gasteiger partial charge in [-0.25, -0.2) is 0 Å². The van der Waals surface area contributed by atoms with E-state index in [1.807, 2.05) is 13.8 Å². The summed E-state index contributed by atoms with van der Waals surface area (Å²) in [5.74, 6) is -0.563. The van der Waals surface area contributed by atoms with Crippen LogP contribution in [0, 0.1) is 15.3 Å². The van der Waals surface area contributed by atoms with Crippen molar-refractivity contribution in [3.8, 4) is 11.3 Å². The average Bonchev–Trinajstić information content (AvgIpc) is 2.93. The molecule has 0 radical (unpaired) electrons. The molecule has 1 amide bonds. The summed E-state index contributed by atoms with van der Waals surface area (Å²) < 4.78 is 4.49. The maximum Gasteiger partial charge on any atom is 0.313 e. The second-order valence-electron chi connectivity index (χ2n) is 5.30. The molecule has 24 heavy (non-hydrogen) atoms. The Morgan fingerprint density at radius 1 is 1.33 bits per heavy atom. The fourth-order valence-corrected chi connectivity index (χ4v) is 2.00. The predicted molar refractivity (Wildman–Crippen MR) is 83.0 cm³/mol. The molecule has 0 unspecified atom stereocenters. The summed E-state index contributed by atoms with van der Waals surface area (Å²) >= 11 is 0. The highest BCUT2D eigenvalue weighted by atomic mass is 16.8. The number of nitro groups is 1. The fourth-order valence-electron chi connectivity index (χ4n) is 2.00. The molecular weight excluding hydrogens is 318 g/mol. The van der Waals surface area contributed by atoms with Gasteiger partial charge in [-0.05, 0) is 17.0 Å². The van der Waals surface area contributed by atoms with E-state index >= 15 is 0 Å². The summed E-state index contributed by atoms with van der Waals surface area (Å²) in [7, 11) is 0. The van der Waals surface area contributed by atoms with Gasteiger partial charge in [0.15, 0.2) is 0 Å². The van der Waals surface area contributed by atoms with Gasteiger partial charge in [-0.2, -0.15) is 0 Å². The monoisotopic (exact) mass is 335 g/mol. The molecular formula is C14H17N5O5. The van der Waals surface area contributed by atoms with Gasteiger partial charge in [0.05, 0.1) is 10.1 Å². The molecule has 2 aromatic rings. The molecule has 10 nitrogen and oxygen atoms in total. The second kappa shape index (κ2) is 7.51. The van der Waals surface area contributed by atoms with Crippen molar-refractivity contribution in [1.29, 1.82) is 0 Å². The second-order valence-corrected chi connectivity index (χ2v) is 5.30. The quantitative estimate of drug-likeness (QED) is 0.327. The van der Waals surface area contributed by atoms with Crippen LogP contribution < -0.4 is 15.5 Å². The summed E-state index contributed by atoms with van der Waals surface area (Å²) in [6, 6.07) is 5.47. The number of benzene rings is 1. The van der Waals surface area contributed by atoms with Crippen molar-refractivity contribution in [3.63, 3.8) is 0 Å².